The highest BCUT2D eigenvalue weighted by molar-refractivity contribution is 8.18. The first-order valence-electron chi connectivity index (χ1n) is 9.18. The number of hydrogen-bond donors (Lipinski definition) is 0. The lowest BCUT2D eigenvalue weighted by molar-refractivity contribution is -0.113. The fraction of sp³-hybridized carbons (Fsp3) is 0.217. The maximum Gasteiger partial charge on any atom is 0.298 e. The van der Waals surface area contributed by atoms with Crippen LogP contribution in [0.1, 0.15) is 37.8 Å². The van der Waals surface area contributed by atoms with Crippen LogP contribution in [0.25, 0.3) is 6.08 Å². The van der Waals surface area contributed by atoms with Crippen LogP contribution in [-0.4, -0.2) is 11.1 Å². The molecule has 0 atom stereocenters. The molecule has 1 aliphatic rings. The molecule has 1 aliphatic heterocycles. The third-order valence-corrected chi connectivity index (χ3v) is 5.23. The van der Waals surface area contributed by atoms with E-state index in [1.165, 1.54) is 10.5 Å². The molecule has 3 nitrogen and oxygen atoms in total. The minimum Gasteiger partial charge on any atom is -0.268 e. The molecule has 0 aliphatic carbocycles. The van der Waals surface area contributed by atoms with Gasteiger partial charge in [0, 0.05) is 0 Å². The van der Waals surface area contributed by atoms with Gasteiger partial charge in [-0.1, -0.05) is 61.9 Å². The number of amides is 2. The minimum atomic E-state index is -0.257. The number of anilines is 1. The molecule has 0 bridgehead atoms. The Labute approximate surface area is 164 Å². The van der Waals surface area contributed by atoms with E-state index in [0.717, 1.165) is 42.2 Å². The van der Waals surface area contributed by atoms with Gasteiger partial charge < -0.3 is 0 Å². The van der Waals surface area contributed by atoms with Crippen LogP contribution in [0.4, 0.5) is 10.5 Å². The SMILES string of the molecule is CCCCc1ccc(N2C(=O)S/C(=C\C(C)=C\c3ccccc3)C2=O)cc1. The maximum atomic E-state index is 12.8. The molecule has 27 heavy (non-hydrogen) atoms. The Hall–Kier alpha value is -2.59. The van der Waals surface area contributed by atoms with Crippen LogP contribution in [-0.2, 0) is 11.2 Å². The Kier molecular flexibility index (Phi) is 6.30. The monoisotopic (exact) mass is 377 g/mol. The van der Waals surface area contributed by atoms with Crippen molar-refractivity contribution >= 4 is 34.7 Å². The number of rotatable bonds is 6. The smallest absolute Gasteiger partial charge is 0.268 e. The number of hydrogen-bond acceptors (Lipinski definition) is 3. The van der Waals surface area contributed by atoms with Gasteiger partial charge in [-0.2, -0.15) is 0 Å². The van der Waals surface area contributed by atoms with E-state index in [9.17, 15) is 9.59 Å². The highest BCUT2D eigenvalue weighted by Crippen LogP contribution is 2.35. The summed E-state index contributed by atoms with van der Waals surface area (Å²) in [7, 11) is 0. The molecule has 1 saturated heterocycles. The second-order valence-corrected chi connectivity index (χ2v) is 7.58. The van der Waals surface area contributed by atoms with Gasteiger partial charge in [0.1, 0.15) is 0 Å². The summed E-state index contributed by atoms with van der Waals surface area (Å²) in [6, 6.07) is 17.6. The number of carbonyl (C=O) groups is 2. The topological polar surface area (TPSA) is 37.4 Å². The summed E-state index contributed by atoms with van der Waals surface area (Å²) in [5.74, 6) is -0.257. The number of carbonyl (C=O) groups excluding carboxylic acids is 2. The molecule has 0 N–H and O–H groups in total. The summed E-state index contributed by atoms with van der Waals surface area (Å²) in [4.78, 5) is 26.9. The number of nitrogens with zero attached hydrogens (tertiary/aromatic N) is 1. The first-order chi connectivity index (χ1) is 13.1. The quantitative estimate of drug-likeness (QED) is 0.561. The third kappa shape index (κ3) is 4.77. The van der Waals surface area contributed by atoms with Crippen molar-refractivity contribution in [3.8, 4) is 0 Å². The van der Waals surface area contributed by atoms with Gasteiger partial charge in [0.05, 0.1) is 10.6 Å². The lowest BCUT2D eigenvalue weighted by Gasteiger charge is -2.13. The van der Waals surface area contributed by atoms with Gasteiger partial charge in [-0.05, 0) is 66.4 Å². The number of unbranched alkanes of at least 4 members (excludes halogenated alkanes) is 1. The summed E-state index contributed by atoms with van der Waals surface area (Å²) < 4.78 is 0. The van der Waals surface area contributed by atoms with Gasteiger partial charge in [0.25, 0.3) is 11.1 Å². The predicted molar refractivity (Wildman–Crippen MR) is 114 cm³/mol. The number of aryl methyl sites for hydroxylation is 1. The Balaban J connectivity index is 1.77. The molecule has 0 saturated carbocycles. The van der Waals surface area contributed by atoms with Crippen LogP contribution in [0.2, 0.25) is 0 Å². The summed E-state index contributed by atoms with van der Waals surface area (Å²) in [5, 5.41) is -0.250. The van der Waals surface area contributed by atoms with Gasteiger partial charge in [0.15, 0.2) is 0 Å². The molecule has 2 amide bonds. The summed E-state index contributed by atoms with van der Waals surface area (Å²) in [6.45, 7) is 4.10. The molecule has 2 aromatic rings. The van der Waals surface area contributed by atoms with Crippen molar-refractivity contribution < 1.29 is 9.59 Å². The van der Waals surface area contributed by atoms with Gasteiger partial charge >= 0.3 is 0 Å². The molecule has 1 heterocycles. The molecule has 138 valence electrons. The van der Waals surface area contributed by atoms with E-state index < -0.39 is 0 Å². The lowest BCUT2D eigenvalue weighted by Crippen LogP contribution is -2.27. The molecular formula is C23H23NO2S. The average Bonchev–Trinajstić information content (AvgIpc) is 2.94. The normalized spacial score (nSPS) is 16.4. The van der Waals surface area contributed by atoms with Crippen molar-refractivity contribution in [3.05, 3.63) is 82.3 Å². The van der Waals surface area contributed by atoms with E-state index >= 15 is 0 Å². The van der Waals surface area contributed by atoms with Crippen molar-refractivity contribution in [1.82, 2.24) is 0 Å². The largest absolute Gasteiger partial charge is 0.298 e. The lowest BCUT2D eigenvalue weighted by atomic mass is 10.1. The van der Waals surface area contributed by atoms with E-state index in [0.29, 0.717) is 10.6 Å². The highest BCUT2D eigenvalue weighted by Gasteiger charge is 2.36. The first kappa shape index (κ1) is 19.2. The van der Waals surface area contributed by atoms with E-state index in [1.807, 2.05) is 67.6 Å². The standard InChI is InChI=1S/C23H23NO2S/c1-3-4-8-18-11-13-20(14-12-18)24-22(25)21(27-23(24)26)16-17(2)15-19-9-6-5-7-10-19/h5-7,9-16H,3-4,8H2,1-2H3/b17-15+,21-16-. The number of thioether (sulfide) groups is 1. The maximum absolute atomic E-state index is 12.8. The van der Waals surface area contributed by atoms with Crippen LogP contribution in [0.5, 0.6) is 0 Å². The Morgan fingerprint density at radius 1 is 1.04 bits per heavy atom. The summed E-state index contributed by atoms with van der Waals surface area (Å²) in [5.41, 5.74) is 3.85. The van der Waals surface area contributed by atoms with E-state index in [2.05, 4.69) is 6.92 Å². The molecule has 0 aromatic heterocycles. The number of benzene rings is 2. The van der Waals surface area contributed by atoms with E-state index in [-0.39, 0.29) is 11.1 Å². The molecule has 0 unspecified atom stereocenters. The minimum absolute atomic E-state index is 0.250. The summed E-state index contributed by atoms with van der Waals surface area (Å²) in [6.07, 6.45) is 7.08. The zero-order valence-corrected chi connectivity index (χ0v) is 16.5. The van der Waals surface area contributed by atoms with Crippen molar-refractivity contribution in [2.45, 2.75) is 33.1 Å². The fourth-order valence-electron chi connectivity index (χ4n) is 2.94. The van der Waals surface area contributed by atoms with Crippen molar-refractivity contribution in [2.75, 3.05) is 4.90 Å². The predicted octanol–water partition coefficient (Wildman–Crippen LogP) is 6.22. The van der Waals surface area contributed by atoms with Gasteiger partial charge in [-0.25, -0.2) is 4.90 Å². The summed E-state index contributed by atoms with van der Waals surface area (Å²) >= 11 is 0.991. The Morgan fingerprint density at radius 3 is 2.41 bits per heavy atom. The van der Waals surface area contributed by atoms with Crippen LogP contribution in [0, 0.1) is 0 Å². The molecule has 4 heteroatoms. The molecular weight excluding hydrogens is 354 g/mol. The third-order valence-electron chi connectivity index (χ3n) is 4.36. The molecule has 0 spiro atoms. The van der Waals surface area contributed by atoms with E-state index in [1.54, 1.807) is 6.08 Å². The molecule has 2 aromatic carbocycles. The number of imide groups is 1. The highest BCUT2D eigenvalue weighted by atomic mass is 32.2. The zero-order chi connectivity index (χ0) is 19.2. The van der Waals surface area contributed by atoms with Crippen molar-refractivity contribution in [3.63, 3.8) is 0 Å². The Morgan fingerprint density at radius 2 is 1.74 bits per heavy atom. The van der Waals surface area contributed by atoms with Gasteiger partial charge in [-0.3, -0.25) is 9.59 Å². The average molecular weight is 378 g/mol. The second-order valence-electron chi connectivity index (χ2n) is 6.59. The fourth-order valence-corrected chi connectivity index (χ4v) is 3.83. The van der Waals surface area contributed by atoms with Crippen LogP contribution < -0.4 is 4.90 Å². The van der Waals surface area contributed by atoms with Crippen LogP contribution in [0.15, 0.2) is 71.2 Å². The van der Waals surface area contributed by atoms with Crippen LogP contribution >= 0.6 is 11.8 Å². The van der Waals surface area contributed by atoms with Crippen molar-refractivity contribution in [2.24, 2.45) is 0 Å². The van der Waals surface area contributed by atoms with Crippen LogP contribution in [0.3, 0.4) is 0 Å². The van der Waals surface area contributed by atoms with Gasteiger partial charge in [-0.15, -0.1) is 0 Å². The molecule has 0 radical (unpaired) electrons. The molecule has 3 rings (SSSR count). The van der Waals surface area contributed by atoms with Crippen molar-refractivity contribution in [1.29, 1.82) is 0 Å². The Bertz CT molecular complexity index is 882. The van der Waals surface area contributed by atoms with E-state index in [4.69, 9.17) is 0 Å². The first-order valence-corrected chi connectivity index (χ1v) is 10.0. The molecule has 1 fully saturated rings. The second kappa shape index (κ2) is 8.87. The number of allylic oxidation sites excluding steroid dienone is 2. The van der Waals surface area contributed by atoms with Gasteiger partial charge in [0.2, 0.25) is 0 Å². The zero-order valence-electron chi connectivity index (χ0n) is 15.6.